The van der Waals surface area contributed by atoms with Crippen molar-refractivity contribution in [1.29, 1.82) is 5.26 Å². The summed E-state index contributed by atoms with van der Waals surface area (Å²) in [4.78, 5) is 21.2. The fourth-order valence-corrected chi connectivity index (χ4v) is 4.43. The maximum absolute atomic E-state index is 14.4. The van der Waals surface area contributed by atoms with E-state index >= 15 is 0 Å². The van der Waals surface area contributed by atoms with E-state index in [0.717, 1.165) is 23.8 Å². The highest BCUT2D eigenvalue weighted by molar-refractivity contribution is 6.31. The van der Waals surface area contributed by atoms with Crippen LogP contribution >= 0.6 is 11.6 Å². The number of nitriles is 1. The molecule has 0 saturated heterocycles. The smallest absolute Gasteiger partial charge is 0.283 e. The summed E-state index contributed by atoms with van der Waals surface area (Å²) in [5, 5.41) is 19.7. The maximum Gasteiger partial charge on any atom is 0.283 e. The standard InChI is InChI=1S/C24H19ClF3N7O/c1-11-20(13-5-6-30-18-8-16(25)17(26)7-14(13)18)24(31-10-19(36)33-12-3-2-4-12)35-23(32-11)15(9-29)21(34-35)22(27)28/h5-8,12,22,31H,2-4,10H2,1H3,(H,33,36). The van der Waals surface area contributed by atoms with E-state index in [9.17, 15) is 23.2 Å². The number of halogens is 4. The minimum absolute atomic E-state index is 0.0801. The minimum atomic E-state index is -3.02. The molecule has 0 unspecified atom stereocenters. The van der Waals surface area contributed by atoms with Crippen LogP contribution in [0.1, 0.15) is 42.6 Å². The number of benzene rings is 1. The van der Waals surface area contributed by atoms with Crippen LogP contribution in [0.3, 0.4) is 0 Å². The van der Waals surface area contributed by atoms with E-state index in [-0.39, 0.29) is 40.5 Å². The topological polar surface area (TPSA) is 108 Å². The molecule has 3 heterocycles. The molecule has 0 aliphatic heterocycles. The highest BCUT2D eigenvalue weighted by atomic mass is 35.5. The second kappa shape index (κ2) is 9.28. The van der Waals surface area contributed by atoms with Crippen LogP contribution in [0, 0.1) is 24.1 Å². The number of hydrogen-bond acceptors (Lipinski definition) is 6. The van der Waals surface area contributed by atoms with E-state index in [0.29, 0.717) is 27.7 Å². The molecule has 2 N–H and O–H groups in total. The molecule has 12 heteroatoms. The lowest BCUT2D eigenvalue weighted by atomic mass is 9.93. The Morgan fingerprint density at radius 2 is 2.14 bits per heavy atom. The number of pyridine rings is 1. The first-order valence-corrected chi connectivity index (χ1v) is 11.5. The van der Waals surface area contributed by atoms with E-state index in [1.54, 1.807) is 19.1 Å². The number of aromatic nitrogens is 4. The lowest BCUT2D eigenvalue weighted by Gasteiger charge is -2.26. The third-order valence-corrected chi connectivity index (χ3v) is 6.52. The third kappa shape index (κ3) is 4.07. The van der Waals surface area contributed by atoms with Crippen LogP contribution in [0.25, 0.3) is 27.7 Å². The van der Waals surface area contributed by atoms with Gasteiger partial charge < -0.3 is 10.6 Å². The largest absolute Gasteiger partial charge is 0.360 e. The van der Waals surface area contributed by atoms with Crippen molar-refractivity contribution in [2.75, 3.05) is 11.9 Å². The number of rotatable bonds is 6. The quantitative estimate of drug-likeness (QED) is 0.378. The highest BCUT2D eigenvalue weighted by Crippen LogP contribution is 2.38. The van der Waals surface area contributed by atoms with Gasteiger partial charge in [-0.3, -0.25) is 9.78 Å². The normalized spacial score (nSPS) is 13.7. The molecule has 5 rings (SSSR count). The summed E-state index contributed by atoms with van der Waals surface area (Å²) >= 11 is 5.94. The Hall–Kier alpha value is -3.91. The summed E-state index contributed by atoms with van der Waals surface area (Å²) in [6, 6.07) is 6.09. The Morgan fingerprint density at radius 1 is 1.36 bits per heavy atom. The van der Waals surface area contributed by atoms with Gasteiger partial charge in [0.15, 0.2) is 5.65 Å². The van der Waals surface area contributed by atoms with Gasteiger partial charge in [-0.2, -0.15) is 14.9 Å². The molecule has 1 aromatic carbocycles. The van der Waals surface area contributed by atoms with Gasteiger partial charge in [0.05, 0.1) is 22.8 Å². The lowest BCUT2D eigenvalue weighted by molar-refractivity contribution is -0.120. The van der Waals surface area contributed by atoms with Gasteiger partial charge in [0.2, 0.25) is 5.91 Å². The molecule has 3 aromatic heterocycles. The fraction of sp³-hybridized carbons (Fsp3) is 0.292. The van der Waals surface area contributed by atoms with E-state index in [4.69, 9.17) is 11.6 Å². The first kappa shape index (κ1) is 23.8. The molecule has 8 nitrogen and oxygen atoms in total. The van der Waals surface area contributed by atoms with Crippen LogP contribution in [-0.2, 0) is 4.79 Å². The average molecular weight is 514 g/mol. The second-order valence-corrected chi connectivity index (χ2v) is 8.93. The molecule has 1 aliphatic carbocycles. The zero-order valence-corrected chi connectivity index (χ0v) is 19.7. The van der Waals surface area contributed by atoms with Gasteiger partial charge in [0.25, 0.3) is 6.43 Å². The van der Waals surface area contributed by atoms with Gasteiger partial charge in [0.1, 0.15) is 29.0 Å². The molecule has 36 heavy (non-hydrogen) atoms. The van der Waals surface area contributed by atoms with Gasteiger partial charge in [0, 0.05) is 23.2 Å². The molecule has 4 aromatic rings. The molecular formula is C24H19ClF3N7O. The Morgan fingerprint density at radius 3 is 2.81 bits per heavy atom. The molecule has 1 aliphatic rings. The van der Waals surface area contributed by atoms with E-state index in [2.05, 4.69) is 25.7 Å². The molecule has 184 valence electrons. The summed E-state index contributed by atoms with van der Waals surface area (Å²) in [6.45, 7) is 1.45. The van der Waals surface area contributed by atoms with Crippen molar-refractivity contribution in [2.24, 2.45) is 0 Å². The van der Waals surface area contributed by atoms with Crippen LogP contribution in [0.4, 0.5) is 19.0 Å². The molecule has 0 atom stereocenters. The number of aryl methyl sites for hydroxylation is 1. The molecule has 0 bridgehead atoms. The van der Waals surface area contributed by atoms with Gasteiger partial charge in [-0.05, 0) is 49.9 Å². The van der Waals surface area contributed by atoms with E-state index < -0.39 is 17.9 Å². The SMILES string of the molecule is Cc1nc2c(C#N)c(C(F)F)nn2c(NCC(=O)NC2CCC2)c1-c1ccnc2cc(Cl)c(F)cc12. The van der Waals surface area contributed by atoms with Gasteiger partial charge >= 0.3 is 0 Å². The first-order valence-electron chi connectivity index (χ1n) is 11.2. The van der Waals surface area contributed by atoms with E-state index in [1.807, 2.05) is 0 Å². The van der Waals surface area contributed by atoms with Crippen molar-refractivity contribution >= 4 is 39.9 Å². The minimum Gasteiger partial charge on any atom is -0.360 e. The van der Waals surface area contributed by atoms with Crippen molar-refractivity contribution in [3.05, 3.63) is 52.2 Å². The average Bonchev–Trinajstić information content (AvgIpc) is 3.18. The van der Waals surface area contributed by atoms with Crippen molar-refractivity contribution in [1.82, 2.24) is 24.9 Å². The number of nitrogens with zero attached hydrogens (tertiary/aromatic N) is 5. The fourth-order valence-electron chi connectivity index (χ4n) is 4.28. The molecule has 1 saturated carbocycles. The number of alkyl halides is 2. The molecule has 1 amide bonds. The van der Waals surface area contributed by atoms with Gasteiger partial charge in [-0.15, -0.1) is 0 Å². The second-order valence-electron chi connectivity index (χ2n) is 8.52. The predicted molar refractivity (Wildman–Crippen MR) is 127 cm³/mol. The van der Waals surface area contributed by atoms with Crippen molar-refractivity contribution in [3.63, 3.8) is 0 Å². The Bertz CT molecular complexity index is 1560. The number of amides is 1. The summed E-state index contributed by atoms with van der Waals surface area (Å²) in [7, 11) is 0. The highest BCUT2D eigenvalue weighted by Gasteiger charge is 2.27. The van der Waals surface area contributed by atoms with Crippen molar-refractivity contribution in [3.8, 4) is 17.2 Å². The molecule has 1 fully saturated rings. The number of anilines is 1. The zero-order valence-electron chi connectivity index (χ0n) is 18.9. The van der Waals surface area contributed by atoms with Gasteiger partial charge in [-0.25, -0.2) is 18.2 Å². The van der Waals surface area contributed by atoms with Crippen molar-refractivity contribution < 1.29 is 18.0 Å². The van der Waals surface area contributed by atoms with Crippen molar-refractivity contribution in [2.45, 2.75) is 38.7 Å². The summed E-state index contributed by atoms with van der Waals surface area (Å²) in [6.07, 6.45) is 1.32. The monoisotopic (exact) mass is 513 g/mol. The van der Waals surface area contributed by atoms with Crippen LogP contribution in [0.5, 0.6) is 0 Å². The zero-order chi connectivity index (χ0) is 25.6. The molecular weight excluding hydrogens is 495 g/mol. The number of nitrogens with one attached hydrogen (secondary N) is 2. The van der Waals surface area contributed by atoms with Crippen LogP contribution in [-0.4, -0.2) is 38.1 Å². The number of carbonyl (C=O) groups excluding carboxylic acids is 1. The Labute approximate surface area is 208 Å². The Balaban J connectivity index is 1.73. The summed E-state index contributed by atoms with van der Waals surface area (Å²) < 4.78 is 42.9. The van der Waals surface area contributed by atoms with Crippen LogP contribution < -0.4 is 10.6 Å². The maximum atomic E-state index is 14.4. The van der Waals surface area contributed by atoms with Gasteiger partial charge in [-0.1, -0.05) is 11.6 Å². The molecule has 0 spiro atoms. The molecule has 0 radical (unpaired) electrons. The summed E-state index contributed by atoms with van der Waals surface area (Å²) in [5.41, 5.74) is 0.448. The predicted octanol–water partition coefficient (Wildman–Crippen LogP) is 4.94. The summed E-state index contributed by atoms with van der Waals surface area (Å²) in [5.74, 6) is -0.787. The lowest BCUT2D eigenvalue weighted by Crippen LogP contribution is -2.42. The Kier molecular flexibility index (Phi) is 6.14. The van der Waals surface area contributed by atoms with E-state index in [1.165, 1.54) is 18.3 Å². The third-order valence-electron chi connectivity index (χ3n) is 6.23. The van der Waals surface area contributed by atoms with Crippen LogP contribution in [0.2, 0.25) is 5.02 Å². The number of hydrogen-bond donors (Lipinski definition) is 2. The number of fused-ring (bicyclic) bond motifs is 2. The number of carbonyl (C=O) groups is 1. The van der Waals surface area contributed by atoms with Crippen LogP contribution in [0.15, 0.2) is 24.4 Å². The first-order chi connectivity index (χ1) is 17.3.